The summed E-state index contributed by atoms with van der Waals surface area (Å²) in [5.41, 5.74) is 1.80. The zero-order chi connectivity index (χ0) is 11.5. The third-order valence-electron chi connectivity index (χ3n) is 2.14. The van der Waals surface area contributed by atoms with Gasteiger partial charge in [0.15, 0.2) is 0 Å². The Morgan fingerprint density at radius 3 is 2.47 bits per heavy atom. The molecule has 0 N–H and O–H groups in total. The summed E-state index contributed by atoms with van der Waals surface area (Å²) < 4.78 is 4.95. The highest BCUT2D eigenvalue weighted by molar-refractivity contribution is 7.94. The van der Waals surface area contributed by atoms with Crippen molar-refractivity contribution in [2.45, 2.75) is 31.1 Å². The first-order chi connectivity index (χ1) is 6.99. The van der Waals surface area contributed by atoms with Gasteiger partial charge in [0, 0.05) is 22.5 Å². The van der Waals surface area contributed by atoms with E-state index in [0.717, 1.165) is 22.3 Å². The molecule has 3 heteroatoms. The molecule has 15 heavy (non-hydrogen) atoms. The third kappa shape index (κ3) is 3.08. The maximum Gasteiger partial charge on any atom is 0.150 e. The molecule has 0 aliphatic heterocycles. The molecule has 0 saturated heterocycles. The normalized spacial score (nSPS) is 11.5. The van der Waals surface area contributed by atoms with Gasteiger partial charge in [0.2, 0.25) is 0 Å². The maximum absolute atomic E-state index is 11.0. The van der Waals surface area contributed by atoms with E-state index < -0.39 is 0 Å². The predicted octanol–water partition coefficient (Wildman–Crippen LogP) is 3.45. The van der Waals surface area contributed by atoms with Gasteiger partial charge in [-0.05, 0) is 23.1 Å². The van der Waals surface area contributed by atoms with Gasteiger partial charge in [-0.25, -0.2) is 0 Å². The van der Waals surface area contributed by atoms with Gasteiger partial charge >= 0.3 is 0 Å². The van der Waals surface area contributed by atoms with Crippen LogP contribution in [0, 0.1) is 0 Å². The van der Waals surface area contributed by atoms with Crippen molar-refractivity contribution in [3.05, 3.63) is 29.3 Å². The lowest BCUT2D eigenvalue weighted by Gasteiger charge is -2.21. The van der Waals surface area contributed by atoms with E-state index >= 15 is 0 Å². The smallest absolute Gasteiger partial charge is 0.150 e. The molecular formula is C12H16O2S. The highest BCUT2D eigenvalue weighted by Crippen LogP contribution is 2.28. The van der Waals surface area contributed by atoms with Gasteiger partial charge in [0.1, 0.15) is 6.29 Å². The topological polar surface area (TPSA) is 26.3 Å². The number of carbonyl (C=O) groups is 1. The molecule has 0 saturated carbocycles. The SMILES string of the molecule is COSc1ccc(C(C)(C)C)c(C=O)c1. The first-order valence-corrected chi connectivity index (χ1v) is 5.53. The molecule has 0 radical (unpaired) electrons. The van der Waals surface area contributed by atoms with E-state index in [0.29, 0.717) is 0 Å². The average Bonchev–Trinajstić information content (AvgIpc) is 2.16. The Bertz CT molecular complexity index is 353. The zero-order valence-corrected chi connectivity index (χ0v) is 10.4. The minimum absolute atomic E-state index is 0.00743. The Morgan fingerprint density at radius 1 is 1.33 bits per heavy atom. The van der Waals surface area contributed by atoms with E-state index in [-0.39, 0.29) is 5.41 Å². The Kier molecular flexibility index (Phi) is 3.94. The van der Waals surface area contributed by atoms with Crippen LogP contribution >= 0.6 is 12.0 Å². The van der Waals surface area contributed by atoms with Crippen molar-refractivity contribution in [3.8, 4) is 0 Å². The fraction of sp³-hybridized carbons (Fsp3) is 0.417. The minimum Gasteiger partial charge on any atom is -0.314 e. The summed E-state index contributed by atoms with van der Waals surface area (Å²) in [6.07, 6.45) is 0.903. The quantitative estimate of drug-likeness (QED) is 0.581. The lowest BCUT2D eigenvalue weighted by molar-refractivity contribution is 0.112. The molecule has 0 atom stereocenters. The molecule has 82 valence electrons. The van der Waals surface area contributed by atoms with Crippen LogP contribution in [0.4, 0.5) is 0 Å². The summed E-state index contributed by atoms with van der Waals surface area (Å²) in [5.74, 6) is 0. The van der Waals surface area contributed by atoms with Gasteiger partial charge < -0.3 is 4.18 Å². The zero-order valence-electron chi connectivity index (χ0n) is 9.53. The van der Waals surface area contributed by atoms with Crippen LogP contribution in [0.15, 0.2) is 23.1 Å². The van der Waals surface area contributed by atoms with Crippen LogP contribution in [-0.2, 0) is 9.60 Å². The highest BCUT2D eigenvalue weighted by atomic mass is 32.2. The molecule has 0 bridgehead atoms. The van der Waals surface area contributed by atoms with Gasteiger partial charge in [0.25, 0.3) is 0 Å². The fourth-order valence-corrected chi connectivity index (χ4v) is 1.96. The van der Waals surface area contributed by atoms with Crippen molar-refractivity contribution in [2.75, 3.05) is 7.11 Å². The second-order valence-electron chi connectivity index (χ2n) is 4.37. The Labute approximate surface area is 95.2 Å². The van der Waals surface area contributed by atoms with E-state index in [1.807, 2.05) is 18.2 Å². The van der Waals surface area contributed by atoms with Crippen LogP contribution in [0.1, 0.15) is 36.7 Å². The summed E-state index contributed by atoms with van der Waals surface area (Å²) in [6, 6.07) is 5.83. The monoisotopic (exact) mass is 224 g/mol. The molecular weight excluding hydrogens is 208 g/mol. The molecule has 0 aromatic heterocycles. The maximum atomic E-state index is 11.0. The number of benzene rings is 1. The van der Waals surface area contributed by atoms with Crippen molar-refractivity contribution in [2.24, 2.45) is 0 Å². The first-order valence-electron chi connectivity index (χ1n) is 4.79. The molecule has 0 unspecified atom stereocenters. The first kappa shape index (κ1) is 12.3. The van der Waals surface area contributed by atoms with Crippen molar-refractivity contribution in [3.63, 3.8) is 0 Å². The summed E-state index contributed by atoms with van der Waals surface area (Å²) in [5, 5.41) is 0. The van der Waals surface area contributed by atoms with Crippen LogP contribution in [0.2, 0.25) is 0 Å². The molecule has 1 aromatic rings. The highest BCUT2D eigenvalue weighted by Gasteiger charge is 2.17. The molecule has 0 amide bonds. The van der Waals surface area contributed by atoms with E-state index in [9.17, 15) is 4.79 Å². The Morgan fingerprint density at radius 2 is 2.00 bits per heavy atom. The summed E-state index contributed by atoms with van der Waals surface area (Å²) in [7, 11) is 1.61. The number of rotatable bonds is 3. The second kappa shape index (κ2) is 4.81. The molecule has 0 aliphatic carbocycles. The summed E-state index contributed by atoms with van der Waals surface area (Å²) in [4.78, 5) is 11.9. The largest absolute Gasteiger partial charge is 0.314 e. The molecule has 1 rings (SSSR count). The van der Waals surface area contributed by atoms with Crippen LogP contribution < -0.4 is 0 Å². The molecule has 1 aromatic carbocycles. The molecule has 0 aliphatic rings. The summed E-state index contributed by atoms with van der Waals surface area (Å²) in [6.45, 7) is 6.29. The molecule has 0 fully saturated rings. The standard InChI is InChI=1S/C12H16O2S/c1-12(2,3)11-6-5-10(15-14-4)7-9(11)8-13/h5-8H,1-4H3. The van der Waals surface area contributed by atoms with Crippen molar-refractivity contribution in [1.82, 2.24) is 0 Å². The Balaban J connectivity index is 3.15. The second-order valence-corrected chi connectivity index (χ2v) is 5.34. The van der Waals surface area contributed by atoms with Crippen LogP contribution in [0.5, 0.6) is 0 Å². The number of aldehydes is 1. The average molecular weight is 224 g/mol. The molecule has 0 spiro atoms. The van der Waals surface area contributed by atoms with E-state index in [1.54, 1.807) is 7.11 Å². The van der Waals surface area contributed by atoms with Crippen LogP contribution in [0.3, 0.4) is 0 Å². The Hall–Kier alpha value is -0.800. The number of hydrogen-bond donors (Lipinski definition) is 0. The van der Waals surface area contributed by atoms with E-state index in [4.69, 9.17) is 4.18 Å². The molecule has 0 heterocycles. The van der Waals surface area contributed by atoms with Gasteiger partial charge in [-0.3, -0.25) is 4.79 Å². The van der Waals surface area contributed by atoms with Gasteiger partial charge in [-0.2, -0.15) is 0 Å². The lowest BCUT2D eigenvalue weighted by atomic mass is 9.84. The van der Waals surface area contributed by atoms with E-state index in [2.05, 4.69) is 20.8 Å². The van der Waals surface area contributed by atoms with Crippen molar-refractivity contribution >= 4 is 18.3 Å². The van der Waals surface area contributed by atoms with Crippen LogP contribution in [-0.4, -0.2) is 13.4 Å². The van der Waals surface area contributed by atoms with Crippen molar-refractivity contribution < 1.29 is 8.98 Å². The van der Waals surface area contributed by atoms with Gasteiger partial charge in [-0.1, -0.05) is 26.8 Å². The van der Waals surface area contributed by atoms with Gasteiger partial charge in [-0.15, -0.1) is 0 Å². The van der Waals surface area contributed by atoms with Gasteiger partial charge in [0.05, 0.1) is 7.11 Å². The summed E-state index contributed by atoms with van der Waals surface area (Å²) >= 11 is 1.27. The number of carbonyl (C=O) groups excluding carboxylic acids is 1. The third-order valence-corrected chi connectivity index (χ3v) is 2.75. The lowest BCUT2D eigenvalue weighted by Crippen LogP contribution is -2.13. The minimum atomic E-state index is -0.00743. The fourth-order valence-electron chi connectivity index (χ4n) is 1.47. The van der Waals surface area contributed by atoms with Crippen LogP contribution in [0.25, 0.3) is 0 Å². The molecule has 2 nitrogen and oxygen atoms in total. The predicted molar refractivity (Wildman–Crippen MR) is 63.4 cm³/mol. The van der Waals surface area contributed by atoms with Crippen molar-refractivity contribution in [1.29, 1.82) is 0 Å². The van der Waals surface area contributed by atoms with E-state index in [1.165, 1.54) is 12.0 Å². The number of hydrogen-bond acceptors (Lipinski definition) is 3.